The lowest BCUT2D eigenvalue weighted by Gasteiger charge is -2.30. The van der Waals surface area contributed by atoms with Crippen molar-refractivity contribution in [3.63, 3.8) is 0 Å². The molecule has 2 aliphatic heterocycles. The fourth-order valence-corrected chi connectivity index (χ4v) is 4.12. The Labute approximate surface area is 149 Å². The zero-order valence-corrected chi connectivity index (χ0v) is 14.9. The first-order chi connectivity index (χ1) is 11.4. The first kappa shape index (κ1) is 16.7. The molecule has 0 atom stereocenters. The molecule has 1 fully saturated rings. The number of anilines is 1. The SMILES string of the molecule is CCN1C(=C2SC(=S)N(CC(=O)O)C2=O)C=Cc2cc(C)ccc21. The lowest BCUT2D eigenvalue weighted by molar-refractivity contribution is -0.140. The molecule has 124 valence electrons. The number of allylic oxidation sites excluding steroid dienone is 1. The van der Waals surface area contributed by atoms with Gasteiger partial charge in [-0.15, -0.1) is 0 Å². The van der Waals surface area contributed by atoms with E-state index < -0.39 is 12.5 Å². The van der Waals surface area contributed by atoms with Gasteiger partial charge in [-0.3, -0.25) is 14.5 Å². The van der Waals surface area contributed by atoms with E-state index in [4.69, 9.17) is 17.3 Å². The van der Waals surface area contributed by atoms with E-state index in [2.05, 4.69) is 11.0 Å². The quantitative estimate of drug-likeness (QED) is 0.660. The van der Waals surface area contributed by atoms with Crippen LogP contribution >= 0.6 is 24.0 Å². The van der Waals surface area contributed by atoms with Crippen molar-refractivity contribution in [1.29, 1.82) is 0 Å². The second kappa shape index (κ2) is 6.41. The summed E-state index contributed by atoms with van der Waals surface area (Å²) in [5.41, 5.74) is 4.07. The molecule has 0 saturated carbocycles. The molecule has 1 aromatic rings. The molecule has 2 aliphatic rings. The Morgan fingerprint density at radius 2 is 2.04 bits per heavy atom. The Hall–Kier alpha value is -2.12. The van der Waals surface area contributed by atoms with Crippen molar-refractivity contribution in [2.75, 3.05) is 18.0 Å². The Morgan fingerprint density at radius 1 is 1.29 bits per heavy atom. The summed E-state index contributed by atoms with van der Waals surface area (Å²) < 4.78 is 0.282. The summed E-state index contributed by atoms with van der Waals surface area (Å²) in [5, 5.41) is 8.96. The lowest BCUT2D eigenvalue weighted by atomic mass is 10.0. The highest BCUT2D eigenvalue weighted by molar-refractivity contribution is 8.26. The molecule has 0 unspecified atom stereocenters. The van der Waals surface area contributed by atoms with Crippen molar-refractivity contribution in [1.82, 2.24) is 4.90 Å². The van der Waals surface area contributed by atoms with E-state index >= 15 is 0 Å². The highest BCUT2D eigenvalue weighted by Gasteiger charge is 2.37. The summed E-state index contributed by atoms with van der Waals surface area (Å²) in [4.78, 5) is 27.2. The number of nitrogens with zero attached hydrogens (tertiary/aromatic N) is 2. The number of amides is 1. The third-order valence-corrected chi connectivity index (χ3v) is 5.33. The molecule has 1 amide bonds. The maximum absolute atomic E-state index is 12.6. The summed E-state index contributed by atoms with van der Waals surface area (Å²) >= 11 is 6.34. The highest BCUT2D eigenvalue weighted by Crippen LogP contribution is 2.39. The van der Waals surface area contributed by atoms with Gasteiger partial charge < -0.3 is 10.0 Å². The van der Waals surface area contributed by atoms with Crippen molar-refractivity contribution in [3.05, 3.63) is 46.0 Å². The van der Waals surface area contributed by atoms with Gasteiger partial charge in [0, 0.05) is 12.2 Å². The van der Waals surface area contributed by atoms with Crippen LogP contribution in [0, 0.1) is 6.92 Å². The van der Waals surface area contributed by atoms with E-state index in [1.807, 2.05) is 38.1 Å². The fraction of sp³-hybridized carbons (Fsp3) is 0.235. The number of hydrogen-bond acceptors (Lipinski definition) is 5. The molecule has 0 spiro atoms. The fourth-order valence-electron chi connectivity index (χ4n) is 2.81. The standard InChI is InChI=1S/C17H16N2O3S2/c1-3-18-12-6-4-10(2)8-11(12)5-7-13(18)15-16(22)19(9-14(20)21)17(23)24-15/h4-8H,3,9H2,1-2H3,(H,20,21). The van der Waals surface area contributed by atoms with Gasteiger partial charge in [-0.1, -0.05) is 41.7 Å². The Balaban J connectivity index is 2.04. The van der Waals surface area contributed by atoms with Crippen molar-refractivity contribution < 1.29 is 14.7 Å². The topological polar surface area (TPSA) is 60.9 Å². The minimum absolute atomic E-state index is 0.282. The molecule has 0 bridgehead atoms. The number of thioether (sulfide) groups is 1. The number of carbonyl (C=O) groups excluding carboxylic acids is 1. The summed E-state index contributed by atoms with van der Waals surface area (Å²) in [5.74, 6) is -1.43. The molecular weight excluding hydrogens is 344 g/mol. The van der Waals surface area contributed by atoms with Gasteiger partial charge in [-0.2, -0.15) is 0 Å². The predicted octanol–water partition coefficient (Wildman–Crippen LogP) is 3.00. The monoisotopic (exact) mass is 360 g/mol. The van der Waals surface area contributed by atoms with Crippen LogP contribution in [0.1, 0.15) is 18.1 Å². The molecule has 7 heteroatoms. The van der Waals surface area contributed by atoms with Crippen LogP contribution in [0.15, 0.2) is 34.9 Å². The van der Waals surface area contributed by atoms with Gasteiger partial charge in [0.15, 0.2) is 0 Å². The van der Waals surface area contributed by atoms with E-state index in [-0.39, 0.29) is 10.2 Å². The zero-order valence-electron chi connectivity index (χ0n) is 13.3. The highest BCUT2D eigenvalue weighted by atomic mass is 32.2. The van der Waals surface area contributed by atoms with Crippen LogP contribution in [0.25, 0.3) is 6.08 Å². The summed E-state index contributed by atoms with van der Waals surface area (Å²) in [6.45, 7) is 4.34. The van der Waals surface area contributed by atoms with Crippen LogP contribution in [-0.4, -0.2) is 39.3 Å². The number of benzene rings is 1. The largest absolute Gasteiger partial charge is 0.480 e. The number of carboxylic acids is 1. The van der Waals surface area contributed by atoms with Crippen LogP contribution in [0.4, 0.5) is 5.69 Å². The molecule has 5 nitrogen and oxygen atoms in total. The third kappa shape index (κ3) is 2.85. The van der Waals surface area contributed by atoms with Crippen LogP contribution < -0.4 is 4.90 Å². The second-order valence-electron chi connectivity index (χ2n) is 5.51. The molecule has 1 saturated heterocycles. The van der Waals surface area contributed by atoms with Gasteiger partial charge >= 0.3 is 5.97 Å². The van der Waals surface area contributed by atoms with Crippen LogP contribution in [0.3, 0.4) is 0 Å². The van der Waals surface area contributed by atoms with Crippen LogP contribution in [0.5, 0.6) is 0 Å². The average molecular weight is 360 g/mol. The Morgan fingerprint density at radius 3 is 2.71 bits per heavy atom. The van der Waals surface area contributed by atoms with Crippen molar-refractivity contribution >= 4 is 51.9 Å². The normalized spacial score (nSPS) is 19.9. The molecule has 1 aromatic carbocycles. The van der Waals surface area contributed by atoms with E-state index in [0.29, 0.717) is 11.4 Å². The van der Waals surface area contributed by atoms with Crippen molar-refractivity contribution in [3.8, 4) is 0 Å². The number of fused-ring (bicyclic) bond motifs is 1. The summed E-state index contributed by atoms with van der Waals surface area (Å²) in [6.07, 6.45) is 3.88. The minimum atomic E-state index is -1.08. The zero-order chi connectivity index (χ0) is 17.4. The maximum Gasteiger partial charge on any atom is 0.323 e. The number of aryl methyl sites for hydroxylation is 1. The van der Waals surface area contributed by atoms with Gasteiger partial charge in [0.2, 0.25) is 0 Å². The number of thiocarbonyl (C=S) groups is 1. The molecule has 0 aromatic heterocycles. The van der Waals surface area contributed by atoms with Crippen molar-refractivity contribution in [2.45, 2.75) is 13.8 Å². The molecule has 24 heavy (non-hydrogen) atoms. The smallest absolute Gasteiger partial charge is 0.323 e. The number of likely N-dealkylation sites (N-methyl/N-ethyl adjacent to an activating group) is 1. The summed E-state index contributed by atoms with van der Waals surface area (Å²) in [6, 6.07) is 6.17. The lowest BCUT2D eigenvalue weighted by Crippen LogP contribution is -2.34. The number of aliphatic carboxylic acids is 1. The Kier molecular flexibility index (Phi) is 4.47. The maximum atomic E-state index is 12.6. The van der Waals surface area contributed by atoms with Gasteiger partial charge in [0.05, 0.1) is 5.70 Å². The molecule has 3 rings (SSSR count). The van der Waals surface area contributed by atoms with Crippen LogP contribution in [-0.2, 0) is 9.59 Å². The van der Waals surface area contributed by atoms with E-state index in [9.17, 15) is 9.59 Å². The number of hydrogen-bond donors (Lipinski definition) is 1. The number of rotatable bonds is 3. The third-order valence-electron chi connectivity index (χ3n) is 3.88. The first-order valence-electron chi connectivity index (χ1n) is 7.48. The predicted molar refractivity (Wildman–Crippen MR) is 99.8 cm³/mol. The van der Waals surface area contributed by atoms with E-state index in [0.717, 1.165) is 33.6 Å². The molecular formula is C17H16N2O3S2. The molecule has 1 N–H and O–H groups in total. The number of carbonyl (C=O) groups is 2. The molecule has 0 radical (unpaired) electrons. The van der Waals surface area contributed by atoms with Gasteiger partial charge in [-0.25, -0.2) is 0 Å². The van der Waals surface area contributed by atoms with Crippen LogP contribution in [0.2, 0.25) is 0 Å². The van der Waals surface area contributed by atoms with Gasteiger partial charge in [0.25, 0.3) is 5.91 Å². The van der Waals surface area contributed by atoms with E-state index in [1.165, 1.54) is 5.56 Å². The average Bonchev–Trinajstić information content (AvgIpc) is 2.81. The summed E-state index contributed by atoms with van der Waals surface area (Å²) in [7, 11) is 0. The Bertz CT molecular complexity index is 814. The second-order valence-corrected chi connectivity index (χ2v) is 7.15. The van der Waals surface area contributed by atoms with Gasteiger partial charge in [0.1, 0.15) is 15.8 Å². The van der Waals surface area contributed by atoms with Gasteiger partial charge in [-0.05, 0) is 37.6 Å². The van der Waals surface area contributed by atoms with E-state index in [1.54, 1.807) is 0 Å². The van der Waals surface area contributed by atoms with Crippen molar-refractivity contribution in [2.24, 2.45) is 0 Å². The number of carboxylic acid groups (broad SMARTS) is 1. The molecule has 2 heterocycles. The minimum Gasteiger partial charge on any atom is -0.480 e. The molecule has 0 aliphatic carbocycles. The first-order valence-corrected chi connectivity index (χ1v) is 8.71.